The van der Waals surface area contributed by atoms with Gasteiger partial charge in [-0.1, -0.05) is 11.6 Å². The van der Waals surface area contributed by atoms with Crippen LogP contribution in [-0.4, -0.2) is 21.9 Å². The van der Waals surface area contributed by atoms with E-state index in [1.807, 2.05) is 18.2 Å². The summed E-state index contributed by atoms with van der Waals surface area (Å²) < 4.78 is 5.89. The van der Waals surface area contributed by atoms with Crippen LogP contribution in [-0.2, 0) is 0 Å². The Morgan fingerprint density at radius 1 is 1.15 bits per heavy atom. The van der Waals surface area contributed by atoms with E-state index in [1.165, 1.54) is 0 Å². The molecule has 6 heteroatoms. The molecule has 2 saturated carbocycles. The lowest BCUT2D eigenvalue weighted by Crippen LogP contribution is -2.55. The van der Waals surface area contributed by atoms with Crippen molar-refractivity contribution in [2.45, 2.75) is 37.6 Å². The largest absolute Gasteiger partial charge is 0.440 e. The van der Waals surface area contributed by atoms with E-state index >= 15 is 0 Å². The molecule has 0 atom stereocenters. The summed E-state index contributed by atoms with van der Waals surface area (Å²) in [6.45, 7) is 0. The van der Waals surface area contributed by atoms with Crippen LogP contribution in [0.5, 0.6) is 0 Å². The first-order valence-electron chi connectivity index (χ1n) is 8.87. The Morgan fingerprint density at radius 2 is 1.92 bits per heavy atom. The van der Waals surface area contributed by atoms with Gasteiger partial charge in [-0.3, -0.25) is 9.78 Å². The van der Waals surface area contributed by atoms with Gasteiger partial charge in [-0.25, -0.2) is 4.98 Å². The van der Waals surface area contributed by atoms with Gasteiger partial charge in [-0.05, 0) is 61.4 Å². The van der Waals surface area contributed by atoms with Crippen molar-refractivity contribution in [1.29, 1.82) is 0 Å². The van der Waals surface area contributed by atoms with Gasteiger partial charge in [0.05, 0.1) is 0 Å². The molecule has 0 unspecified atom stereocenters. The zero-order valence-electron chi connectivity index (χ0n) is 14.1. The third-order valence-corrected chi connectivity index (χ3v) is 5.95. The molecular weight excluding hydrogens is 350 g/mol. The SMILES string of the molecule is O=C(NC1CC2(C1)CC(c1nc3cc(Cl)ccc3o1)C2)c1ccncc1. The van der Waals surface area contributed by atoms with Crippen LogP contribution in [0.15, 0.2) is 47.1 Å². The minimum Gasteiger partial charge on any atom is -0.440 e. The number of halogens is 1. The van der Waals surface area contributed by atoms with E-state index in [1.54, 1.807) is 24.5 Å². The van der Waals surface area contributed by atoms with Crippen molar-refractivity contribution in [3.8, 4) is 0 Å². The number of hydrogen-bond acceptors (Lipinski definition) is 4. The number of oxazole rings is 1. The van der Waals surface area contributed by atoms with E-state index in [4.69, 9.17) is 16.0 Å². The molecule has 1 spiro atoms. The fourth-order valence-electron chi connectivity index (χ4n) is 4.45. The quantitative estimate of drug-likeness (QED) is 0.748. The minimum absolute atomic E-state index is 0.0149. The van der Waals surface area contributed by atoms with Crippen LogP contribution in [0.3, 0.4) is 0 Å². The number of benzene rings is 1. The van der Waals surface area contributed by atoms with Crippen LogP contribution in [0, 0.1) is 5.41 Å². The highest BCUT2D eigenvalue weighted by Gasteiger charge is 2.54. The van der Waals surface area contributed by atoms with Gasteiger partial charge >= 0.3 is 0 Å². The minimum atomic E-state index is -0.0149. The average Bonchev–Trinajstić information content (AvgIpc) is 2.98. The predicted molar refractivity (Wildman–Crippen MR) is 98.2 cm³/mol. The molecule has 1 N–H and O–H groups in total. The maximum atomic E-state index is 12.2. The van der Waals surface area contributed by atoms with Gasteiger partial charge in [0.15, 0.2) is 11.5 Å². The summed E-state index contributed by atoms with van der Waals surface area (Å²) in [4.78, 5) is 20.7. The van der Waals surface area contributed by atoms with E-state index in [2.05, 4.69) is 15.3 Å². The molecular formula is C20H18ClN3O2. The number of rotatable bonds is 3. The maximum absolute atomic E-state index is 12.2. The molecule has 5 nitrogen and oxygen atoms in total. The summed E-state index contributed by atoms with van der Waals surface area (Å²) in [5.74, 6) is 1.18. The summed E-state index contributed by atoms with van der Waals surface area (Å²) in [7, 11) is 0. The number of fused-ring (bicyclic) bond motifs is 1. The number of hydrogen-bond donors (Lipinski definition) is 1. The highest BCUT2D eigenvalue weighted by molar-refractivity contribution is 6.31. The number of aromatic nitrogens is 2. The van der Waals surface area contributed by atoms with Crippen LogP contribution in [0.2, 0.25) is 5.02 Å². The zero-order chi connectivity index (χ0) is 17.7. The standard InChI is InChI=1S/C20H18ClN3O2/c21-14-1-2-17-16(7-14)24-19(26-17)13-8-20(9-13)10-15(11-20)23-18(25)12-3-5-22-6-4-12/h1-7,13,15H,8-11H2,(H,23,25). The second-order valence-corrected chi connectivity index (χ2v) is 8.02. The third-order valence-electron chi connectivity index (χ3n) is 5.71. The Labute approximate surface area is 155 Å². The van der Waals surface area contributed by atoms with Gasteiger partial charge in [0.25, 0.3) is 5.91 Å². The van der Waals surface area contributed by atoms with Gasteiger partial charge in [-0.15, -0.1) is 0 Å². The van der Waals surface area contributed by atoms with E-state index in [0.717, 1.165) is 42.7 Å². The molecule has 1 amide bonds. The van der Waals surface area contributed by atoms with Crippen molar-refractivity contribution >= 4 is 28.6 Å². The number of pyridine rings is 1. The Kier molecular flexibility index (Phi) is 3.54. The lowest BCUT2D eigenvalue weighted by atomic mass is 9.50. The van der Waals surface area contributed by atoms with E-state index in [9.17, 15) is 4.79 Å². The second kappa shape index (κ2) is 5.81. The van der Waals surface area contributed by atoms with Crippen LogP contribution in [0.1, 0.15) is 47.8 Å². The number of nitrogens with one attached hydrogen (secondary N) is 1. The third kappa shape index (κ3) is 2.67. The van der Waals surface area contributed by atoms with Crippen molar-refractivity contribution in [2.75, 3.05) is 0 Å². The van der Waals surface area contributed by atoms with Crippen molar-refractivity contribution in [2.24, 2.45) is 5.41 Å². The smallest absolute Gasteiger partial charge is 0.251 e. The number of carbonyl (C=O) groups excluding carboxylic acids is 1. The monoisotopic (exact) mass is 367 g/mol. The molecule has 2 aliphatic rings. The second-order valence-electron chi connectivity index (χ2n) is 7.58. The molecule has 0 bridgehead atoms. The molecule has 3 aromatic rings. The first-order chi connectivity index (χ1) is 12.6. The average molecular weight is 368 g/mol. The lowest BCUT2D eigenvalue weighted by Gasteiger charge is -2.57. The van der Waals surface area contributed by atoms with E-state index < -0.39 is 0 Å². The molecule has 2 heterocycles. The predicted octanol–water partition coefficient (Wildman–Crippen LogP) is 4.33. The maximum Gasteiger partial charge on any atom is 0.251 e. The molecule has 26 heavy (non-hydrogen) atoms. The van der Waals surface area contributed by atoms with Gasteiger partial charge in [0.1, 0.15) is 5.52 Å². The first-order valence-corrected chi connectivity index (χ1v) is 9.25. The molecule has 0 saturated heterocycles. The normalized spacial score (nSPS) is 27.1. The fourth-order valence-corrected chi connectivity index (χ4v) is 4.61. The van der Waals surface area contributed by atoms with Crippen molar-refractivity contribution in [3.05, 3.63) is 59.2 Å². The lowest BCUT2D eigenvalue weighted by molar-refractivity contribution is -0.0253. The van der Waals surface area contributed by atoms with E-state index in [0.29, 0.717) is 21.9 Å². The Balaban J connectivity index is 1.18. The Morgan fingerprint density at radius 3 is 2.69 bits per heavy atom. The molecule has 1 aromatic carbocycles. The highest BCUT2D eigenvalue weighted by Crippen LogP contribution is 2.61. The van der Waals surface area contributed by atoms with Gasteiger partial charge in [0.2, 0.25) is 0 Å². The summed E-state index contributed by atoms with van der Waals surface area (Å²) in [6, 6.07) is 9.27. The van der Waals surface area contributed by atoms with Crippen LogP contribution in [0.4, 0.5) is 0 Å². The van der Waals surface area contributed by atoms with Gasteiger partial charge in [-0.2, -0.15) is 0 Å². The van der Waals surface area contributed by atoms with Crippen LogP contribution < -0.4 is 5.32 Å². The molecule has 2 aromatic heterocycles. The van der Waals surface area contributed by atoms with Gasteiger partial charge in [0, 0.05) is 34.9 Å². The topological polar surface area (TPSA) is 68.0 Å². The molecule has 2 fully saturated rings. The molecule has 0 aliphatic heterocycles. The summed E-state index contributed by atoms with van der Waals surface area (Å²) >= 11 is 6.01. The van der Waals surface area contributed by atoms with Crippen molar-refractivity contribution in [1.82, 2.24) is 15.3 Å². The van der Waals surface area contributed by atoms with Gasteiger partial charge < -0.3 is 9.73 Å². The summed E-state index contributed by atoms with van der Waals surface area (Å²) in [5.41, 5.74) is 2.63. The Hall–Kier alpha value is -2.40. The van der Waals surface area contributed by atoms with Crippen molar-refractivity contribution < 1.29 is 9.21 Å². The number of nitrogens with zero attached hydrogens (tertiary/aromatic N) is 2. The number of carbonyl (C=O) groups is 1. The molecule has 132 valence electrons. The molecule has 2 aliphatic carbocycles. The molecule has 5 rings (SSSR count). The van der Waals surface area contributed by atoms with E-state index in [-0.39, 0.29) is 11.9 Å². The van der Waals surface area contributed by atoms with Crippen molar-refractivity contribution in [3.63, 3.8) is 0 Å². The van der Waals surface area contributed by atoms with Crippen LogP contribution in [0.25, 0.3) is 11.1 Å². The number of amides is 1. The zero-order valence-corrected chi connectivity index (χ0v) is 14.9. The Bertz CT molecular complexity index is 971. The summed E-state index contributed by atoms with van der Waals surface area (Å²) in [6.07, 6.45) is 7.51. The fraction of sp³-hybridized carbons (Fsp3) is 0.350. The summed E-state index contributed by atoms with van der Waals surface area (Å²) in [5, 5.41) is 3.79. The molecule has 0 radical (unpaired) electrons. The van der Waals surface area contributed by atoms with Crippen LogP contribution >= 0.6 is 11.6 Å². The highest BCUT2D eigenvalue weighted by atomic mass is 35.5. The first kappa shape index (κ1) is 15.8.